The minimum atomic E-state index is -2.15. The lowest BCUT2D eigenvalue weighted by Gasteiger charge is -2.12. The van der Waals surface area contributed by atoms with Crippen molar-refractivity contribution >= 4 is 8.25 Å². The molecule has 0 aromatic rings. The van der Waals surface area contributed by atoms with Crippen molar-refractivity contribution in [3.63, 3.8) is 0 Å². The predicted molar refractivity (Wildman–Crippen MR) is 93.3 cm³/mol. The Hall–Kier alpha value is -0.580. The van der Waals surface area contributed by atoms with E-state index in [2.05, 4.69) is 23.0 Å². The summed E-state index contributed by atoms with van der Waals surface area (Å²) in [6.07, 6.45) is 6.37. The van der Waals surface area contributed by atoms with Crippen molar-refractivity contribution in [3.05, 3.63) is 25.3 Å². The summed E-state index contributed by atoms with van der Waals surface area (Å²) in [7, 11) is 5.94. The zero-order valence-electron chi connectivity index (χ0n) is 14.5. The van der Waals surface area contributed by atoms with Gasteiger partial charge in [0.2, 0.25) is 0 Å². The van der Waals surface area contributed by atoms with Gasteiger partial charge < -0.3 is 9.80 Å². The molecule has 5 nitrogen and oxygen atoms in total. The van der Waals surface area contributed by atoms with E-state index in [1.807, 2.05) is 28.2 Å². The van der Waals surface area contributed by atoms with Crippen LogP contribution in [0.25, 0.3) is 0 Å². The van der Waals surface area contributed by atoms with Gasteiger partial charge in [-0.25, -0.2) is 0 Å². The van der Waals surface area contributed by atoms with E-state index < -0.39 is 8.25 Å². The molecule has 0 saturated heterocycles. The molecule has 0 aliphatic carbocycles. The Morgan fingerprint density at radius 1 is 0.909 bits per heavy atom. The lowest BCUT2D eigenvalue weighted by molar-refractivity contribution is 0.154. The number of hydrogen-bond donors (Lipinski definition) is 0. The van der Waals surface area contributed by atoms with Crippen LogP contribution in [0, 0.1) is 0 Å². The highest BCUT2D eigenvalue weighted by molar-refractivity contribution is 7.33. The monoisotopic (exact) mass is 331 g/mol. The van der Waals surface area contributed by atoms with Gasteiger partial charge >= 0.3 is 8.25 Å². The van der Waals surface area contributed by atoms with Gasteiger partial charge in [0, 0.05) is 4.57 Å². The SMILES string of the molecule is C=CC(CCCN(C)C)O[P+](=O)OC(C=C)CCCN(C)C. The Kier molecular flexibility index (Phi) is 12.6. The molecule has 0 aliphatic rings. The van der Waals surface area contributed by atoms with Gasteiger partial charge in [-0.2, -0.15) is 0 Å². The molecule has 128 valence electrons. The Balaban J connectivity index is 4.09. The second-order valence-electron chi connectivity index (χ2n) is 5.87. The van der Waals surface area contributed by atoms with Crippen LogP contribution in [0.15, 0.2) is 25.3 Å². The van der Waals surface area contributed by atoms with Crippen LogP contribution in [0.3, 0.4) is 0 Å². The lowest BCUT2D eigenvalue weighted by Crippen LogP contribution is -2.17. The summed E-state index contributed by atoms with van der Waals surface area (Å²) >= 11 is 0. The molecule has 2 unspecified atom stereocenters. The van der Waals surface area contributed by atoms with Gasteiger partial charge in [0.1, 0.15) is 12.2 Å². The first-order valence-corrected chi connectivity index (χ1v) is 8.84. The van der Waals surface area contributed by atoms with Crippen molar-refractivity contribution in [2.24, 2.45) is 0 Å². The summed E-state index contributed by atoms with van der Waals surface area (Å²) in [5.41, 5.74) is 0. The Morgan fingerprint density at radius 2 is 1.27 bits per heavy atom. The summed E-state index contributed by atoms with van der Waals surface area (Å²) in [6.45, 7) is 9.39. The highest BCUT2D eigenvalue weighted by Gasteiger charge is 2.29. The second-order valence-corrected chi connectivity index (χ2v) is 6.74. The second kappa shape index (κ2) is 12.9. The molecule has 22 heavy (non-hydrogen) atoms. The maximum atomic E-state index is 12.0. The average Bonchev–Trinajstić information content (AvgIpc) is 2.44. The van der Waals surface area contributed by atoms with Crippen LogP contribution < -0.4 is 0 Å². The molecule has 0 saturated carbocycles. The molecule has 0 fully saturated rings. The van der Waals surface area contributed by atoms with Gasteiger partial charge in [0.05, 0.1) is 0 Å². The standard InChI is InChI=1S/C16H32N2O3P/c1-7-15(11-9-13-17(3)4)20-22(19)21-16(8-2)12-10-14-18(5)6/h7-8,15-16H,1-2,9-14H2,3-6H3/q+1. The van der Waals surface area contributed by atoms with Gasteiger partial charge in [-0.05, 0) is 67.0 Å². The highest BCUT2D eigenvalue weighted by atomic mass is 31.1. The normalized spacial score (nSPS) is 14.9. The first-order chi connectivity index (χ1) is 10.4. The van der Waals surface area contributed by atoms with Gasteiger partial charge in [0.25, 0.3) is 0 Å². The van der Waals surface area contributed by atoms with E-state index in [1.54, 1.807) is 12.2 Å². The van der Waals surface area contributed by atoms with Crippen LogP contribution in [0.2, 0.25) is 0 Å². The van der Waals surface area contributed by atoms with Crippen LogP contribution in [-0.4, -0.2) is 63.3 Å². The van der Waals surface area contributed by atoms with Gasteiger partial charge in [-0.3, -0.25) is 0 Å². The lowest BCUT2D eigenvalue weighted by atomic mass is 10.2. The molecular formula is C16H32N2O3P+. The third kappa shape index (κ3) is 12.0. The summed E-state index contributed by atoms with van der Waals surface area (Å²) in [6, 6.07) is 0. The summed E-state index contributed by atoms with van der Waals surface area (Å²) in [5.74, 6) is 0. The van der Waals surface area contributed by atoms with Crippen molar-refractivity contribution in [3.8, 4) is 0 Å². The van der Waals surface area contributed by atoms with E-state index in [1.165, 1.54) is 0 Å². The largest absolute Gasteiger partial charge is 0.698 e. The van der Waals surface area contributed by atoms with E-state index in [4.69, 9.17) is 9.05 Å². The van der Waals surface area contributed by atoms with E-state index in [9.17, 15) is 4.57 Å². The minimum absolute atomic E-state index is 0.240. The Bertz CT molecular complexity index is 305. The van der Waals surface area contributed by atoms with E-state index in [0.29, 0.717) is 0 Å². The Labute approximate surface area is 136 Å². The van der Waals surface area contributed by atoms with Crippen LogP contribution in [0.4, 0.5) is 0 Å². The van der Waals surface area contributed by atoms with E-state index >= 15 is 0 Å². The zero-order chi connectivity index (χ0) is 17.0. The average molecular weight is 331 g/mol. The van der Waals surface area contributed by atoms with Crippen LogP contribution in [0.1, 0.15) is 25.7 Å². The maximum absolute atomic E-state index is 12.0. The van der Waals surface area contributed by atoms with Crippen molar-refractivity contribution in [1.29, 1.82) is 0 Å². The van der Waals surface area contributed by atoms with Crippen molar-refractivity contribution in [2.45, 2.75) is 37.9 Å². The third-order valence-electron chi connectivity index (χ3n) is 3.16. The van der Waals surface area contributed by atoms with E-state index in [-0.39, 0.29) is 12.2 Å². The van der Waals surface area contributed by atoms with E-state index in [0.717, 1.165) is 38.8 Å². The summed E-state index contributed by atoms with van der Waals surface area (Å²) in [4.78, 5) is 4.21. The molecule has 2 atom stereocenters. The molecule has 0 aromatic carbocycles. The van der Waals surface area contributed by atoms with Crippen molar-refractivity contribution in [1.82, 2.24) is 9.80 Å². The maximum Gasteiger partial charge on any atom is 0.698 e. The fourth-order valence-electron chi connectivity index (χ4n) is 1.89. The summed E-state index contributed by atoms with van der Waals surface area (Å²) < 4.78 is 22.8. The molecule has 0 rings (SSSR count). The van der Waals surface area contributed by atoms with Crippen LogP contribution in [-0.2, 0) is 13.6 Å². The van der Waals surface area contributed by atoms with Crippen molar-refractivity contribution in [2.75, 3.05) is 41.3 Å². The topological polar surface area (TPSA) is 42.0 Å². The first-order valence-electron chi connectivity index (χ1n) is 7.74. The third-order valence-corrected chi connectivity index (χ3v) is 4.04. The minimum Gasteiger partial charge on any atom is -0.309 e. The molecule has 6 heteroatoms. The molecule has 0 aromatic heterocycles. The molecular weight excluding hydrogens is 299 g/mol. The highest BCUT2D eigenvalue weighted by Crippen LogP contribution is 2.31. The molecule has 0 amide bonds. The fourth-order valence-corrected chi connectivity index (χ4v) is 2.77. The number of hydrogen-bond acceptors (Lipinski definition) is 5. The molecule has 0 spiro atoms. The Morgan fingerprint density at radius 3 is 1.55 bits per heavy atom. The summed E-state index contributed by atoms with van der Waals surface area (Å²) in [5, 5.41) is 0. The van der Waals surface area contributed by atoms with Crippen LogP contribution >= 0.6 is 8.25 Å². The van der Waals surface area contributed by atoms with Gasteiger partial charge in [0.15, 0.2) is 0 Å². The molecule has 0 radical (unpaired) electrons. The quantitative estimate of drug-likeness (QED) is 0.360. The predicted octanol–water partition coefficient (Wildman–Crippen LogP) is 3.47. The smallest absolute Gasteiger partial charge is 0.309 e. The first kappa shape index (κ1) is 21.4. The molecule has 0 bridgehead atoms. The molecule has 0 aliphatic heterocycles. The fraction of sp³-hybridized carbons (Fsp3) is 0.750. The number of nitrogens with zero attached hydrogens (tertiary/aromatic N) is 2. The molecule has 0 N–H and O–H groups in total. The molecule has 0 heterocycles. The van der Waals surface area contributed by atoms with Gasteiger partial charge in [-0.1, -0.05) is 12.2 Å². The van der Waals surface area contributed by atoms with Crippen molar-refractivity contribution < 1.29 is 13.6 Å². The van der Waals surface area contributed by atoms with Crippen LogP contribution in [0.5, 0.6) is 0 Å². The number of rotatable bonds is 14. The van der Waals surface area contributed by atoms with Gasteiger partial charge in [-0.15, -0.1) is 22.2 Å². The zero-order valence-corrected chi connectivity index (χ0v) is 15.4.